The predicted molar refractivity (Wildman–Crippen MR) is 42.6 cm³/mol. The van der Waals surface area contributed by atoms with Crippen molar-refractivity contribution in [3.63, 3.8) is 0 Å². The molecular weight excluding hydrogens is 158 g/mol. The molecule has 0 spiro atoms. The van der Waals surface area contributed by atoms with Crippen molar-refractivity contribution in [1.82, 2.24) is 4.90 Å². The first-order chi connectivity index (χ1) is 5.61. The summed E-state index contributed by atoms with van der Waals surface area (Å²) in [6.07, 6.45) is 1.50. The van der Waals surface area contributed by atoms with Gasteiger partial charge in [0.2, 0.25) is 5.91 Å². The SMILES string of the molecule is CC(=O)N1CCCC(C(=O)O)C1. The maximum absolute atomic E-state index is 10.9. The first kappa shape index (κ1) is 9.03. The minimum Gasteiger partial charge on any atom is -0.481 e. The maximum Gasteiger partial charge on any atom is 0.308 e. The summed E-state index contributed by atoms with van der Waals surface area (Å²) in [5, 5.41) is 8.70. The summed E-state index contributed by atoms with van der Waals surface area (Å²) in [5.41, 5.74) is 0. The molecule has 1 amide bonds. The van der Waals surface area contributed by atoms with Crippen molar-refractivity contribution in [3.05, 3.63) is 0 Å². The molecule has 4 heteroatoms. The first-order valence-corrected chi connectivity index (χ1v) is 4.09. The molecule has 0 aromatic rings. The van der Waals surface area contributed by atoms with Crippen LogP contribution in [0.1, 0.15) is 19.8 Å². The summed E-state index contributed by atoms with van der Waals surface area (Å²) in [5.74, 6) is -1.18. The second-order valence-electron chi connectivity index (χ2n) is 3.14. The first-order valence-electron chi connectivity index (χ1n) is 4.09. The number of carbonyl (C=O) groups is 2. The number of carbonyl (C=O) groups excluding carboxylic acids is 1. The van der Waals surface area contributed by atoms with Gasteiger partial charge in [0.15, 0.2) is 0 Å². The molecule has 1 unspecified atom stereocenters. The number of carboxylic acid groups (broad SMARTS) is 1. The van der Waals surface area contributed by atoms with Gasteiger partial charge in [-0.2, -0.15) is 0 Å². The summed E-state index contributed by atoms with van der Waals surface area (Å²) >= 11 is 0. The van der Waals surface area contributed by atoms with E-state index in [9.17, 15) is 9.59 Å². The summed E-state index contributed by atoms with van der Waals surface area (Å²) in [6.45, 7) is 2.56. The second-order valence-corrected chi connectivity index (χ2v) is 3.14. The van der Waals surface area contributed by atoms with Crippen molar-refractivity contribution in [2.45, 2.75) is 19.8 Å². The minimum atomic E-state index is -0.791. The molecule has 0 aliphatic carbocycles. The number of likely N-dealkylation sites (tertiary alicyclic amines) is 1. The number of amides is 1. The van der Waals surface area contributed by atoms with Crippen LogP contribution >= 0.6 is 0 Å². The average molecular weight is 171 g/mol. The molecule has 0 radical (unpaired) electrons. The van der Waals surface area contributed by atoms with Gasteiger partial charge in [0, 0.05) is 20.0 Å². The molecule has 1 N–H and O–H groups in total. The van der Waals surface area contributed by atoms with E-state index in [4.69, 9.17) is 5.11 Å². The van der Waals surface area contributed by atoms with Crippen LogP contribution in [0.2, 0.25) is 0 Å². The van der Waals surface area contributed by atoms with Crippen molar-refractivity contribution in [2.75, 3.05) is 13.1 Å². The Kier molecular flexibility index (Phi) is 2.68. The van der Waals surface area contributed by atoms with Gasteiger partial charge in [-0.1, -0.05) is 0 Å². The molecule has 4 nitrogen and oxygen atoms in total. The van der Waals surface area contributed by atoms with Crippen LogP contribution in [-0.4, -0.2) is 35.0 Å². The number of aliphatic carboxylic acids is 1. The molecule has 1 aliphatic rings. The fourth-order valence-corrected chi connectivity index (χ4v) is 1.46. The van der Waals surface area contributed by atoms with E-state index in [-0.39, 0.29) is 11.8 Å². The van der Waals surface area contributed by atoms with Crippen LogP contribution < -0.4 is 0 Å². The predicted octanol–water partition coefficient (Wildman–Crippen LogP) is 0.329. The summed E-state index contributed by atoms with van der Waals surface area (Å²) < 4.78 is 0. The molecule has 0 aromatic carbocycles. The largest absolute Gasteiger partial charge is 0.481 e. The number of piperidine rings is 1. The summed E-state index contributed by atoms with van der Waals surface area (Å²) in [7, 11) is 0. The standard InChI is InChI=1S/C8H13NO3/c1-6(10)9-4-2-3-7(5-9)8(11)12/h7H,2-5H2,1H3,(H,11,12). The van der Waals surface area contributed by atoms with Gasteiger partial charge in [0.25, 0.3) is 0 Å². The highest BCUT2D eigenvalue weighted by molar-refractivity contribution is 5.75. The van der Waals surface area contributed by atoms with Crippen LogP contribution in [-0.2, 0) is 9.59 Å². The third-order valence-corrected chi connectivity index (χ3v) is 2.22. The lowest BCUT2D eigenvalue weighted by Gasteiger charge is -2.29. The Balaban J connectivity index is 2.51. The van der Waals surface area contributed by atoms with E-state index in [0.717, 1.165) is 6.42 Å². The van der Waals surface area contributed by atoms with Gasteiger partial charge in [-0.05, 0) is 12.8 Å². The van der Waals surface area contributed by atoms with Gasteiger partial charge in [-0.25, -0.2) is 0 Å². The molecule has 0 saturated carbocycles. The molecule has 1 atom stereocenters. The van der Waals surface area contributed by atoms with Crippen molar-refractivity contribution < 1.29 is 14.7 Å². The van der Waals surface area contributed by atoms with E-state index in [0.29, 0.717) is 19.5 Å². The van der Waals surface area contributed by atoms with E-state index in [1.165, 1.54) is 6.92 Å². The fourth-order valence-electron chi connectivity index (χ4n) is 1.46. The monoisotopic (exact) mass is 171 g/mol. The third-order valence-electron chi connectivity index (χ3n) is 2.22. The lowest BCUT2D eigenvalue weighted by molar-refractivity contribution is -0.145. The minimum absolute atomic E-state index is 0.0269. The topological polar surface area (TPSA) is 57.6 Å². The molecule has 12 heavy (non-hydrogen) atoms. The van der Waals surface area contributed by atoms with Crippen LogP contribution in [0.5, 0.6) is 0 Å². The van der Waals surface area contributed by atoms with Crippen molar-refractivity contribution in [2.24, 2.45) is 5.92 Å². The Hall–Kier alpha value is -1.06. The number of rotatable bonds is 1. The Morgan fingerprint density at radius 1 is 1.50 bits per heavy atom. The lowest BCUT2D eigenvalue weighted by atomic mass is 9.98. The van der Waals surface area contributed by atoms with E-state index in [2.05, 4.69) is 0 Å². The van der Waals surface area contributed by atoms with Crippen LogP contribution in [0, 0.1) is 5.92 Å². The van der Waals surface area contributed by atoms with Crippen LogP contribution in [0.3, 0.4) is 0 Å². The molecule has 1 rings (SSSR count). The van der Waals surface area contributed by atoms with E-state index in [1.54, 1.807) is 4.90 Å². The molecule has 0 bridgehead atoms. The van der Waals surface area contributed by atoms with Gasteiger partial charge in [0.1, 0.15) is 0 Å². The normalized spacial score (nSPS) is 23.8. The summed E-state index contributed by atoms with van der Waals surface area (Å²) in [6, 6.07) is 0. The van der Waals surface area contributed by atoms with E-state index < -0.39 is 5.97 Å². The molecule has 0 aromatic heterocycles. The molecule has 1 heterocycles. The number of hydrogen-bond acceptors (Lipinski definition) is 2. The third kappa shape index (κ3) is 1.96. The van der Waals surface area contributed by atoms with Crippen LogP contribution in [0.15, 0.2) is 0 Å². The van der Waals surface area contributed by atoms with Gasteiger partial charge < -0.3 is 10.0 Å². The van der Waals surface area contributed by atoms with Crippen molar-refractivity contribution >= 4 is 11.9 Å². The van der Waals surface area contributed by atoms with E-state index >= 15 is 0 Å². The van der Waals surface area contributed by atoms with Crippen LogP contribution in [0.25, 0.3) is 0 Å². The smallest absolute Gasteiger partial charge is 0.308 e. The highest BCUT2D eigenvalue weighted by atomic mass is 16.4. The van der Waals surface area contributed by atoms with Gasteiger partial charge in [-0.15, -0.1) is 0 Å². The number of carboxylic acids is 1. The Labute approximate surface area is 71.2 Å². The zero-order valence-corrected chi connectivity index (χ0v) is 7.12. The molecule has 68 valence electrons. The zero-order valence-electron chi connectivity index (χ0n) is 7.12. The molecular formula is C8H13NO3. The van der Waals surface area contributed by atoms with E-state index in [1.807, 2.05) is 0 Å². The van der Waals surface area contributed by atoms with Gasteiger partial charge >= 0.3 is 5.97 Å². The summed E-state index contributed by atoms with van der Waals surface area (Å²) in [4.78, 5) is 23.1. The highest BCUT2D eigenvalue weighted by Gasteiger charge is 2.26. The molecule has 1 aliphatic heterocycles. The maximum atomic E-state index is 10.9. The molecule has 1 saturated heterocycles. The Morgan fingerprint density at radius 2 is 2.17 bits per heavy atom. The average Bonchev–Trinajstić information content (AvgIpc) is 2.04. The quantitative estimate of drug-likeness (QED) is 0.618. The van der Waals surface area contributed by atoms with Gasteiger partial charge in [-0.3, -0.25) is 9.59 Å². The van der Waals surface area contributed by atoms with Crippen LogP contribution in [0.4, 0.5) is 0 Å². The number of hydrogen-bond donors (Lipinski definition) is 1. The molecule has 1 fully saturated rings. The highest BCUT2D eigenvalue weighted by Crippen LogP contribution is 2.16. The van der Waals surface area contributed by atoms with Crippen molar-refractivity contribution in [3.8, 4) is 0 Å². The zero-order chi connectivity index (χ0) is 9.14. The lowest BCUT2D eigenvalue weighted by Crippen LogP contribution is -2.41. The Morgan fingerprint density at radius 3 is 2.67 bits per heavy atom. The Bertz CT molecular complexity index is 182. The van der Waals surface area contributed by atoms with Gasteiger partial charge in [0.05, 0.1) is 5.92 Å². The fraction of sp³-hybridized carbons (Fsp3) is 0.750. The van der Waals surface area contributed by atoms with Crippen molar-refractivity contribution in [1.29, 1.82) is 0 Å². The second kappa shape index (κ2) is 3.56. The number of nitrogens with zero attached hydrogens (tertiary/aromatic N) is 1.